The van der Waals surface area contributed by atoms with E-state index in [9.17, 15) is 9.90 Å². The first-order valence-corrected chi connectivity index (χ1v) is 5.05. The van der Waals surface area contributed by atoms with Crippen LogP contribution in [0.1, 0.15) is 12.5 Å². The van der Waals surface area contributed by atoms with Crippen LogP contribution in [-0.4, -0.2) is 24.0 Å². The molecule has 0 saturated heterocycles. The van der Waals surface area contributed by atoms with Crippen LogP contribution in [0, 0.1) is 0 Å². The molecule has 0 bridgehead atoms. The molecule has 1 N–H and O–H groups in total. The van der Waals surface area contributed by atoms with Crippen molar-refractivity contribution in [2.24, 2.45) is 0 Å². The van der Waals surface area contributed by atoms with Crippen LogP contribution in [0.4, 0.5) is 0 Å². The van der Waals surface area contributed by atoms with Crippen molar-refractivity contribution in [2.75, 3.05) is 6.61 Å². The summed E-state index contributed by atoms with van der Waals surface area (Å²) in [6.45, 7) is 1.98. The Hall–Kier alpha value is -1.81. The Labute approximate surface area is 93.1 Å². The summed E-state index contributed by atoms with van der Waals surface area (Å²) in [5.41, 5.74) is 0.886. The highest BCUT2D eigenvalue weighted by Crippen LogP contribution is 2.28. The maximum atomic E-state index is 11.5. The SMILES string of the molecule is CCOC(=O)C1=Cc2ccccc2O[C@H]1O. The van der Waals surface area contributed by atoms with E-state index in [1.807, 2.05) is 6.07 Å². The van der Waals surface area contributed by atoms with E-state index in [2.05, 4.69) is 0 Å². The van der Waals surface area contributed by atoms with Crippen LogP contribution in [0.5, 0.6) is 5.75 Å². The van der Waals surface area contributed by atoms with Gasteiger partial charge in [0.25, 0.3) is 0 Å². The van der Waals surface area contributed by atoms with Gasteiger partial charge in [-0.3, -0.25) is 0 Å². The Morgan fingerprint density at radius 2 is 2.25 bits per heavy atom. The lowest BCUT2D eigenvalue weighted by Gasteiger charge is -2.21. The molecule has 84 valence electrons. The zero-order valence-corrected chi connectivity index (χ0v) is 8.84. The van der Waals surface area contributed by atoms with Gasteiger partial charge in [0.05, 0.1) is 6.61 Å². The molecule has 0 aromatic heterocycles. The largest absolute Gasteiger partial charge is 0.462 e. The Kier molecular flexibility index (Phi) is 2.92. The number of esters is 1. The minimum absolute atomic E-state index is 0.126. The number of hydrogen-bond acceptors (Lipinski definition) is 4. The number of carbonyl (C=O) groups is 1. The average Bonchev–Trinajstić information content (AvgIpc) is 2.28. The third-order valence-corrected chi connectivity index (χ3v) is 2.25. The molecule has 1 aromatic rings. The molecule has 0 spiro atoms. The molecule has 16 heavy (non-hydrogen) atoms. The summed E-state index contributed by atoms with van der Waals surface area (Å²) in [7, 11) is 0. The quantitative estimate of drug-likeness (QED) is 0.764. The molecular weight excluding hydrogens is 208 g/mol. The Balaban J connectivity index is 2.33. The van der Waals surface area contributed by atoms with Crippen LogP contribution in [-0.2, 0) is 9.53 Å². The summed E-state index contributed by atoms with van der Waals surface area (Å²) in [6.07, 6.45) is 0.329. The predicted molar refractivity (Wildman–Crippen MR) is 57.7 cm³/mol. The second-order valence-electron chi connectivity index (χ2n) is 3.33. The van der Waals surface area contributed by atoms with Crippen molar-refractivity contribution in [3.05, 3.63) is 35.4 Å². The highest BCUT2D eigenvalue weighted by molar-refractivity contribution is 5.95. The number of aliphatic hydroxyl groups is 1. The Bertz CT molecular complexity index is 436. The maximum absolute atomic E-state index is 11.5. The van der Waals surface area contributed by atoms with Crippen molar-refractivity contribution in [1.29, 1.82) is 0 Å². The summed E-state index contributed by atoms with van der Waals surface area (Å²) < 4.78 is 10.0. The van der Waals surface area contributed by atoms with E-state index in [0.29, 0.717) is 5.75 Å². The molecule has 1 aromatic carbocycles. The number of fused-ring (bicyclic) bond motifs is 1. The maximum Gasteiger partial charge on any atom is 0.340 e. The first-order chi connectivity index (χ1) is 7.72. The van der Waals surface area contributed by atoms with Crippen molar-refractivity contribution in [3.8, 4) is 5.75 Å². The molecule has 0 radical (unpaired) electrons. The molecule has 0 fully saturated rings. The van der Waals surface area contributed by atoms with Gasteiger partial charge in [-0.15, -0.1) is 0 Å². The Morgan fingerprint density at radius 3 is 3.00 bits per heavy atom. The molecule has 1 aliphatic rings. The second-order valence-corrected chi connectivity index (χ2v) is 3.33. The molecule has 1 heterocycles. The minimum Gasteiger partial charge on any atom is -0.462 e. The second kappa shape index (κ2) is 4.37. The van der Waals surface area contributed by atoms with Gasteiger partial charge in [0.2, 0.25) is 6.29 Å². The molecule has 0 aliphatic carbocycles. The number of carbonyl (C=O) groups excluding carboxylic acids is 1. The van der Waals surface area contributed by atoms with Gasteiger partial charge in [0.1, 0.15) is 11.3 Å². The normalized spacial score (nSPS) is 18.1. The third kappa shape index (κ3) is 1.92. The first kappa shape index (κ1) is 10.7. The topological polar surface area (TPSA) is 55.8 Å². The van der Waals surface area contributed by atoms with E-state index in [4.69, 9.17) is 9.47 Å². The lowest BCUT2D eigenvalue weighted by atomic mass is 10.1. The van der Waals surface area contributed by atoms with Crippen LogP contribution < -0.4 is 4.74 Å². The van der Waals surface area contributed by atoms with Gasteiger partial charge in [-0.2, -0.15) is 0 Å². The third-order valence-electron chi connectivity index (χ3n) is 2.25. The fourth-order valence-corrected chi connectivity index (χ4v) is 1.50. The van der Waals surface area contributed by atoms with Crippen LogP contribution >= 0.6 is 0 Å². The van der Waals surface area contributed by atoms with Gasteiger partial charge >= 0.3 is 5.97 Å². The standard InChI is InChI=1S/C12H12O4/c1-2-15-11(13)9-7-8-5-3-4-6-10(8)16-12(9)14/h3-7,12,14H,2H2,1H3/t12-/m1/s1. The number of aliphatic hydroxyl groups excluding tert-OH is 1. The first-order valence-electron chi connectivity index (χ1n) is 5.05. The lowest BCUT2D eigenvalue weighted by Crippen LogP contribution is -2.27. The van der Waals surface area contributed by atoms with Crippen molar-refractivity contribution >= 4 is 12.0 Å². The molecule has 4 nitrogen and oxygen atoms in total. The summed E-state index contributed by atoms with van der Waals surface area (Å²) in [5, 5.41) is 9.62. The molecule has 0 saturated carbocycles. The van der Waals surface area contributed by atoms with Crippen molar-refractivity contribution < 1.29 is 19.4 Å². The predicted octanol–water partition coefficient (Wildman–Crippen LogP) is 1.34. The van der Waals surface area contributed by atoms with E-state index in [1.165, 1.54) is 0 Å². The van der Waals surface area contributed by atoms with E-state index < -0.39 is 12.3 Å². The molecule has 1 aliphatic heterocycles. The number of hydrogen-bond donors (Lipinski definition) is 1. The zero-order valence-electron chi connectivity index (χ0n) is 8.84. The highest BCUT2D eigenvalue weighted by atomic mass is 16.6. The molecular formula is C12H12O4. The van der Waals surface area contributed by atoms with E-state index in [1.54, 1.807) is 31.2 Å². The minimum atomic E-state index is -1.26. The van der Waals surface area contributed by atoms with Gasteiger partial charge in [-0.05, 0) is 19.1 Å². The molecule has 2 rings (SSSR count). The van der Waals surface area contributed by atoms with Gasteiger partial charge in [-0.1, -0.05) is 18.2 Å². The zero-order chi connectivity index (χ0) is 11.5. The van der Waals surface area contributed by atoms with Crippen molar-refractivity contribution in [2.45, 2.75) is 13.2 Å². The van der Waals surface area contributed by atoms with Crippen LogP contribution in [0.3, 0.4) is 0 Å². The van der Waals surface area contributed by atoms with Gasteiger partial charge in [0.15, 0.2) is 0 Å². The molecule has 0 unspecified atom stereocenters. The monoisotopic (exact) mass is 220 g/mol. The van der Waals surface area contributed by atoms with Crippen LogP contribution in [0.2, 0.25) is 0 Å². The number of rotatable bonds is 2. The number of para-hydroxylation sites is 1. The van der Waals surface area contributed by atoms with Gasteiger partial charge in [0, 0.05) is 5.56 Å². The van der Waals surface area contributed by atoms with Crippen molar-refractivity contribution in [3.63, 3.8) is 0 Å². The summed E-state index contributed by atoms with van der Waals surface area (Å²) >= 11 is 0. The lowest BCUT2D eigenvalue weighted by molar-refractivity contribution is -0.141. The summed E-state index contributed by atoms with van der Waals surface area (Å²) in [5.74, 6) is 0.00699. The Morgan fingerprint density at radius 1 is 1.50 bits per heavy atom. The molecule has 0 amide bonds. The van der Waals surface area contributed by atoms with E-state index in [-0.39, 0.29) is 12.2 Å². The number of benzene rings is 1. The summed E-state index contributed by atoms with van der Waals surface area (Å²) in [4.78, 5) is 11.5. The van der Waals surface area contributed by atoms with E-state index >= 15 is 0 Å². The fraction of sp³-hybridized carbons (Fsp3) is 0.250. The fourth-order valence-electron chi connectivity index (χ4n) is 1.50. The smallest absolute Gasteiger partial charge is 0.340 e. The molecule has 1 atom stereocenters. The summed E-state index contributed by atoms with van der Waals surface area (Å²) in [6, 6.07) is 7.17. The van der Waals surface area contributed by atoms with Crippen LogP contribution in [0.25, 0.3) is 6.08 Å². The van der Waals surface area contributed by atoms with Crippen LogP contribution in [0.15, 0.2) is 29.8 Å². The highest BCUT2D eigenvalue weighted by Gasteiger charge is 2.26. The van der Waals surface area contributed by atoms with Gasteiger partial charge in [-0.25, -0.2) is 4.79 Å². The average molecular weight is 220 g/mol. The molecule has 4 heteroatoms. The van der Waals surface area contributed by atoms with E-state index in [0.717, 1.165) is 5.56 Å². The number of ether oxygens (including phenoxy) is 2. The van der Waals surface area contributed by atoms with Crippen molar-refractivity contribution in [1.82, 2.24) is 0 Å². The van der Waals surface area contributed by atoms with Gasteiger partial charge < -0.3 is 14.6 Å².